The van der Waals surface area contributed by atoms with Crippen molar-refractivity contribution in [3.63, 3.8) is 0 Å². The van der Waals surface area contributed by atoms with E-state index in [9.17, 15) is 9.59 Å². The monoisotopic (exact) mass is 332 g/mol. The van der Waals surface area contributed by atoms with Gasteiger partial charge in [0.2, 0.25) is 0 Å². The molecule has 0 aromatic carbocycles. The van der Waals surface area contributed by atoms with E-state index in [-0.39, 0.29) is 11.8 Å². The second-order valence-corrected chi connectivity index (χ2v) is 7.19. The lowest BCUT2D eigenvalue weighted by Gasteiger charge is -2.21. The number of hydrogen-bond donors (Lipinski definition) is 0. The molecule has 0 saturated carbocycles. The van der Waals surface area contributed by atoms with Crippen LogP contribution >= 0.6 is 0 Å². The van der Waals surface area contributed by atoms with Crippen LogP contribution in [0.5, 0.6) is 0 Å². The summed E-state index contributed by atoms with van der Waals surface area (Å²) in [5.41, 5.74) is 0. The van der Waals surface area contributed by atoms with E-state index in [1.807, 2.05) is 6.08 Å². The van der Waals surface area contributed by atoms with Crippen molar-refractivity contribution in [2.24, 2.45) is 11.8 Å². The highest BCUT2D eigenvalue weighted by Crippen LogP contribution is 2.26. The van der Waals surface area contributed by atoms with Gasteiger partial charge in [0.1, 0.15) is 11.6 Å². The first-order valence-corrected chi connectivity index (χ1v) is 10.00. The maximum Gasteiger partial charge on any atom is 0.139 e. The fourth-order valence-corrected chi connectivity index (χ4v) is 3.63. The fraction of sp³-hybridized carbons (Fsp3) is 0.727. The average molecular weight is 333 g/mol. The molecular formula is C22H36O2. The van der Waals surface area contributed by atoms with Gasteiger partial charge in [-0.15, -0.1) is 6.58 Å². The van der Waals surface area contributed by atoms with E-state index in [0.717, 1.165) is 57.8 Å². The van der Waals surface area contributed by atoms with E-state index >= 15 is 0 Å². The van der Waals surface area contributed by atoms with Gasteiger partial charge >= 0.3 is 0 Å². The lowest BCUT2D eigenvalue weighted by molar-refractivity contribution is -0.127. The van der Waals surface area contributed by atoms with Crippen molar-refractivity contribution in [3.8, 4) is 0 Å². The third-order valence-corrected chi connectivity index (χ3v) is 5.08. The van der Waals surface area contributed by atoms with E-state index < -0.39 is 0 Å². The molecule has 0 N–H and O–H groups in total. The topological polar surface area (TPSA) is 34.1 Å². The number of hydrogen-bond acceptors (Lipinski definition) is 2. The molecular weight excluding hydrogens is 296 g/mol. The smallest absolute Gasteiger partial charge is 0.139 e. The second-order valence-electron chi connectivity index (χ2n) is 7.19. The van der Waals surface area contributed by atoms with Crippen molar-refractivity contribution >= 4 is 11.6 Å². The third kappa shape index (κ3) is 8.61. The van der Waals surface area contributed by atoms with Gasteiger partial charge in [0.15, 0.2) is 0 Å². The molecule has 0 radical (unpaired) electrons. The summed E-state index contributed by atoms with van der Waals surface area (Å²) in [7, 11) is 0. The number of allylic oxidation sites excluding steroid dienone is 3. The van der Waals surface area contributed by atoms with Crippen LogP contribution in [0, 0.1) is 11.8 Å². The van der Waals surface area contributed by atoms with Gasteiger partial charge in [0.05, 0.1) is 0 Å². The summed E-state index contributed by atoms with van der Waals surface area (Å²) < 4.78 is 0. The average Bonchev–Trinajstić information content (AvgIpc) is 2.57. The largest absolute Gasteiger partial charge is 0.300 e. The lowest BCUT2D eigenvalue weighted by atomic mass is 9.82. The van der Waals surface area contributed by atoms with Gasteiger partial charge in [-0.2, -0.15) is 0 Å². The molecule has 2 heteroatoms. The van der Waals surface area contributed by atoms with E-state index in [2.05, 4.69) is 25.7 Å². The molecule has 1 rings (SSSR count). The zero-order chi connectivity index (χ0) is 17.6. The first kappa shape index (κ1) is 20.9. The molecule has 0 spiro atoms. The van der Waals surface area contributed by atoms with E-state index in [1.54, 1.807) is 0 Å². The summed E-state index contributed by atoms with van der Waals surface area (Å²) >= 11 is 0. The first-order chi connectivity index (χ1) is 11.7. The van der Waals surface area contributed by atoms with Crippen molar-refractivity contribution in [2.75, 3.05) is 0 Å². The molecule has 0 saturated heterocycles. The number of Topliss-reactive ketones (excluding diaryl/α,β-unsaturated/α-hetero) is 2. The predicted octanol–water partition coefficient (Wildman–Crippen LogP) is 6.20. The molecule has 2 nitrogen and oxygen atoms in total. The minimum absolute atomic E-state index is 0.0664. The molecule has 0 amide bonds. The molecule has 0 fully saturated rings. The Morgan fingerprint density at radius 1 is 1.00 bits per heavy atom. The lowest BCUT2D eigenvalue weighted by Crippen LogP contribution is -2.24. The van der Waals surface area contributed by atoms with E-state index in [4.69, 9.17) is 0 Å². The van der Waals surface area contributed by atoms with Gasteiger partial charge in [-0.1, -0.05) is 44.4 Å². The summed E-state index contributed by atoms with van der Waals surface area (Å²) in [4.78, 5) is 25.0. The maximum absolute atomic E-state index is 13.0. The van der Waals surface area contributed by atoms with Crippen molar-refractivity contribution < 1.29 is 9.59 Å². The van der Waals surface area contributed by atoms with Crippen LogP contribution < -0.4 is 0 Å². The summed E-state index contributed by atoms with van der Waals surface area (Å²) in [6, 6.07) is 0. The molecule has 0 heterocycles. The van der Waals surface area contributed by atoms with Crippen molar-refractivity contribution in [1.82, 2.24) is 0 Å². The van der Waals surface area contributed by atoms with Crippen LogP contribution in [0.2, 0.25) is 0 Å². The summed E-state index contributed by atoms with van der Waals surface area (Å²) in [6.45, 7) is 5.96. The van der Waals surface area contributed by atoms with Crippen molar-refractivity contribution in [1.29, 1.82) is 0 Å². The fourth-order valence-electron chi connectivity index (χ4n) is 3.63. The van der Waals surface area contributed by atoms with Crippen LogP contribution in [-0.4, -0.2) is 11.6 Å². The summed E-state index contributed by atoms with van der Waals surface area (Å²) in [5, 5.41) is 0. The Hall–Kier alpha value is -1.18. The molecule has 0 aromatic rings. The first-order valence-electron chi connectivity index (χ1n) is 10.00. The highest BCUT2D eigenvalue weighted by atomic mass is 16.1. The third-order valence-electron chi connectivity index (χ3n) is 5.08. The summed E-state index contributed by atoms with van der Waals surface area (Å²) in [6.07, 6.45) is 18.6. The number of ketones is 2. The van der Waals surface area contributed by atoms with Crippen LogP contribution in [0.25, 0.3) is 0 Å². The van der Waals surface area contributed by atoms with Crippen LogP contribution in [0.1, 0.15) is 90.4 Å². The quantitative estimate of drug-likeness (QED) is 0.574. The number of carbonyl (C=O) groups is 2. The number of rotatable bonds is 4. The second kappa shape index (κ2) is 13.1. The SMILES string of the molecule is C=CCC1CCCCCC=CCCCC(=O)CCC(CCC)C1=O. The standard InChI is InChI=1S/C22H36O2/c1-3-13-19-15-11-9-7-5-6-8-10-12-16-21(23)18-17-20(14-4-2)22(19)24/h3,6,8,19-20H,1,4-5,7,9-18H2,2H3. The molecule has 136 valence electrons. The van der Waals surface area contributed by atoms with Gasteiger partial charge < -0.3 is 0 Å². The van der Waals surface area contributed by atoms with Crippen molar-refractivity contribution in [3.05, 3.63) is 24.8 Å². The molecule has 1 aliphatic rings. The van der Waals surface area contributed by atoms with Crippen LogP contribution in [0.4, 0.5) is 0 Å². The molecule has 0 aliphatic heterocycles. The van der Waals surface area contributed by atoms with Gasteiger partial charge in [-0.05, 0) is 51.4 Å². The highest BCUT2D eigenvalue weighted by molar-refractivity contribution is 5.84. The Kier molecular flexibility index (Phi) is 11.4. The molecule has 2 unspecified atom stereocenters. The maximum atomic E-state index is 13.0. The Morgan fingerprint density at radius 3 is 2.46 bits per heavy atom. The normalized spacial score (nSPS) is 25.5. The van der Waals surface area contributed by atoms with Crippen LogP contribution in [0.3, 0.4) is 0 Å². The van der Waals surface area contributed by atoms with Gasteiger partial charge in [-0.25, -0.2) is 0 Å². The highest BCUT2D eigenvalue weighted by Gasteiger charge is 2.25. The van der Waals surface area contributed by atoms with E-state index in [0.29, 0.717) is 24.4 Å². The molecule has 2 atom stereocenters. The van der Waals surface area contributed by atoms with Gasteiger partial charge in [0.25, 0.3) is 0 Å². The Morgan fingerprint density at radius 2 is 1.75 bits per heavy atom. The van der Waals surface area contributed by atoms with Gasteiger partial charge in [0, 0.05) is 24.7 Å². The predicted molar refractivity (Wildman–Crippen MR) is 102 cm³/mol. The summed E-state index contributed by atoms with van der Waals surface area (Å²) in [5.74, 6) is 0.885. The minimum atomic E-state index is 0.0664. The van der Waals surface area contributed by atoms with Crippen molar-refractivity contribution in [2.45, 2.75) is 90.4 Å². The molecule has 0 aromatic heterocycles. The Labute approximate surface area is 148 Å². The zero-order valence-corrected chi connectivity index (χ0v) is 15.6. The molecule has 0 bridgehead atoms. The Bertz CT molecular complexity index is 408. The van der Waals surface area contributed by atoms with Crippen LogP contribution in [-0.2, 0) is 9.59 Å². The Balaban J connectivity index is 2.73. The molecule has 1 aliphatic carbocycles. The molecule has 24 heavy (non-hydrogen) atoms. The van der Waals surface area contributed by atoms with E-state index in [1.165, 1.54) is 12.8 Å². The van der Waals surface area contributed by atoms with Crippen LogP contribution in [0.15, 0.2) is 24.8 Å². The zero-order valence-electron chi connectivity index (χ0n) is 15.6. The number of carbonyl (C=O) groups excluding carboxylic acids is 2. The minimum Gasteiger partial charge on any atom is -0.300 e. The van der Waals surface area contributed by atoms with Gasteiger partial charge in [-0.3, -0.25) is 9.59 Å².